The molecule has 0 saturated carbocycles. The number of carbonyl (C=O) groups is 2. The van der Waals surface area contributed by atoms with Crippen LogP contribution in [0, 0.1) is 12.7 Å². The number of hydrogen-bond donors (Lipinski definition) is 1. The largest absolute Gasteiger partial charge is 0.399 e. The van der Waals surface area contributed by atoms with Crippen molar-refractivity contribution >= 4 is 41.5 Å². The maximum absolute atomic E-state index is 13.2. The molecule has 0 unspecified atom stereocenters. The van der Waals surface area contributed by atoms with Gasteiger partial charge >= 0.3 is 0 Å². The topological polar surface area (TPSA) is 66.6 Å². The van der Waals surface area contributed by atoms with Crippen LogP contribution >= 0.6 is 24.0 Å². The minimum absolute atomic E-state index is 0. The summed E-state index contributed by atoms with van der Waals surface area (Å²) >= 11 is 5.97. The van der Waals surface area contributed by atoms with Gasteiger partial charge in [0.2, 0.25) is 0 Å². The van der Waals surface area contributed by atoms with E-state index in [0.717, 1.165) is 11.6 Å². The Kier molecular flexibility index (Phi) is 6.68. The first-order chi connectivity index (χ1) is 12.4. The standard InChI is InChI=1S/C19H19ClFN3O2.ClH/c1-12-2-4-14(22)11-16(12)19(26)24-8-6-23(7-9-24)18(25)15-5-3-13(21)10-17(15)20;/h2-5,10-11H,6-9,22H2,1H3;1H. The summed E-state index contributed by atoms with van der Waals surface area (Å²) in [6.45, 7) is 3.47. The van der Waals surface area contributed by atoms with Gasteiger partial charge < -0.3 is 15.5 Å². The SMILES string of the molecule is Cc1ccc(N)cc1C(=O)N1CCN(C(=O)c2ccc(F)cc2Cl)CC1.Cl. The predicted octanol–water partition coefficient (Wildman–Crippen LogP) is 3.39. The molecular formula is C19H20Cl2FN3O2. The van der Waals surface area contributed by atoms with Gasteiger partial charge in [0.1, 0.15) is 5.82 Å². The average Bonchev–Trinajstić information content (AvgIpc) is 2.63. The third kappa shape index (κ3) is 4.51. The predicted molar refractivity (Wildman–Crippen MR) is 106 cm³/mol. The Morgan fingerprint density at radius 1 is 0.963 bits per heavy atom. The van der Waals surface area contributed by atoms with Crippen LogP contribution in [0.25, 0.3) is 0 Å². The molecule has 2 amide bonds. The Morgan fingerprint density at radius 2 is 1.52 bits per heavy atom. The highest BCUT2D eigenvalue weighted by Gasteiger charge is 2.27. The van der Waals surface area contributed by atoms with E-state index < -0.39 is 5.82 Å². The maximum atomic E-state index is 13.2. The summed E-state index contributed by atoms with van der Waals surface area (Å²) in [6, 6.07) is 8.97. The molecule has 1 saturated heterocycles. The number of carbonyl (C=O) groups excluding carboxylic acids is 2. The normalized spacial score (nSPS) is 13.9. The number of piperazine rings is 1. The first-order valence-electron chi connectivity index (χ1n) is 8.26. The summed E-state index contributed by atoms with van der Waals surface area (Å²) in [5.74, 6) is -0.844. The molecule has 0 spiro atoms. The smallest absolute Gasteiger partial charge is 0.255 e. The molecule has 0 radical (unpaired) electrons. The Morgan fingerprint density at radius 3 is 2.07 bits per heavy atom. The fourth-order valence-corrected chi connectivity index (χ4v) is 3.23. The van der Waals surface area contributed by atoms with Crippen LogP contribution in [0.2, 0.25) is 5.02 Å². The van der Waals surface area contributed by atoms with Gasteiger partial charge in [0, 0.05) is 37.4 Å². The molecule has 2 N–H and O–H groups in total. The Balaban J connectivity index is 0.00000261. The van der Waals surface area contributed by atoms with Gasteiger partial charge in [0.05, 0.1) is 10.6 Å². The van der Waals surface area contributed by atoms with E-state index in [4.69, 9.17) is 17.3 Å². The van der Waals surface area contributed by atoms with Crippen molar-refractivity contribution in [2.45, 2.75) is 6.92 Å². The van der Waals surface area contributed by atoms with E-state index in [2.05, 4.69) is 0 Å². The summed E-state index contributed by atoms with van der Waals surface area (Å²) in [6.07, 6.45) is 0. The van der Waals surface area contributed by atoms with Crippen molar-refractivity contribution in [3.63, 3.8) is 0 Å². The summed E-state index contributed by atoms with van der Waals surface area (Å²) in [4.78, 5) is 28.6. The van der Waals surface area contributed by atoms with Crippen LogP contribution in [0.15, 0.2) is 36.4 Å². The van der Waals surface area contributed by atoms with Crippen molar-refractivity contribution in [2.24, 2.45) is 0 Å². The van der Waals surface area contributed by atoms with Gasteiger partial charge in [0.15, 0.2) is 0 Å². The molecule has 8 heteroatoms. The summed E-state index contributed by atoms with van der Waals surface area (Å²) < 4.78 is 13.2. The number of aryl methyl sites for hydroxylation is 1. The zero-order chi connectivity index (χ0) is 18.8. The average molecular weight is 412 g/mol. The maximum Gasteiger partial charge on any atom is 0.255 e. The molecule has 27 heavy (non-hydrogen) atoms. The molecule has 0 bridgehead atoms. The van der Waals surface area contributed by atoms with E-state index in [0.29, 0.717) is 37.4 Å². The van der Waals surface area contributed by atoms with Gasteiger partial charge in [-0.3, -0.25) is 9.59 Å². The van der Waals surface area contributed by atoms with Crippen LogP contribution < -0.4 is 5.73 Å². The van der Waals surface area contributed by atoms with E-state index in [-0.39, 0.29) is 34.8 Å². The van der Waals surface area contributed by atoms with Crippen LogP contribution in [-0.2, 0) is 0 Å². The number of rotatable bonds is 2. The fourth-order valence-electron chi connectivity index (χ4n) is 2.99. The molecule has 0 aliphatic carbocycles. The molecular weight excluding hydrogens is 392 g/mol. The summed E-state index contributed by atoms with van der Waals surface area (Å²) in [5.41, 5.74) is 8.02. The fraction of sp³-hybridized carbons (Fsp3) is 0.263. The minimum atomic E-state index is -0.487. The number of anilines is 1. The third-order valence-electron chi connectivity index (χ3n) is 4.51. The first kappa shape index (κ1) is 21.0. The first-order valence-corrected chi connectivity index (χ1v) is 8.64. The molecule has 3 rings (SSSR count). The van der Waals surface area contributed by atoms with E-state index in [1.165, 1.54) is 12.1 Å². The third-order valence-corrected chi connectivity index (χ3v) is 4.82. The van der Waals surface area contributed by atoms with Gasteiger partial charge in [-0.2, -0.15) is 0 Å². The number of amides is 2. The Bertz CT molecular complexity index is 868. The molecule has 2 aromatic rings. The van der Waals surface area contributed by atoms with Crippen LogP contribution in [0.3, 0.4) is 0 Å². The van der Waals surface area contributed by atoms with Crippen LogP contribution in [0.5, 0.6) is 0 Å². The molecule has 0 atom stereocenters. The molecule has 5 nitrogen and oxygen atoms in total. The quantitative estimate of drug-likeness (QED) is 0.770. The van der Waals surface area contributed by atoms with Crippen LogP contribution in [-0.4, -0.2) is 47.8 Å². The highest BCUT2D eigenvalue weighted by atomic mass is 35.5. The zero-order valence-corrected chi connectivity index (χ0v) is 16.3. The van der Waals surface area contributed by atoms with Gasteiger partial charge in [0.25, 0.3) is 11.8 Å². The van der Waals surface area contributed by atoms with E-state index in [1.807, 2.05) is 13.0 Å². The molecule has 2 aromatic carbocycles. The van der Waals surface area contributed by atoms with Crippen molar-refractivity contribution in [3.8, 4) is 0 Å². The number of halogens is 3. The highest BCUT2D eigenvalue weighted by Crippen LogP contribution is 2.21. The molecule has 0 aromatic heterocycles. The van der Waals surface area contributed by atoms with Gasteiger partial charge in [-0.15, -0.1) is 12.4 Å². The molecule has 1 heterocycles. The highest BCUT2D eigenvalue weighted by molar-refractivity contribution is 6.33. The number of nitrogens with two attached hydrogens (primary N) is 1. The van der Waals surface area contributed by atoms with E-state index in [1.54, 1.807) is 21.9 Å². The number of nitrogens with zero attached hydrogens (tertiary/aromatic N) is 2. The van der Waals surface area contributed by atoms with Crippen LogP contribution in [0.1, 0.15) is 26.3 Å². The number of nitrogen functional groups attached to an aromatic ring is 1. The Labute approximate surface area is 168 Å². The lowest BCUT2D eigenvalue weighted by Crippen LogP contribution is -2.50. The second-order valence-corrected chi connectivity index (χ2v) is 6.69. The lowest BCUT2D eigenvalue weighted by atomic mass is 10.1. The molecule has 1 aliphatic heterocycles. The van der Waals surface area contributed by atoms with E-state index >= 15 is 0 Å². The molecule has 144 valence electrons. The number of benzene rings is 2. The van der Waals surface area contributed by atoms with Crippen LogP contribution in [0.4, 0.5) is 10.1 Å². The number of hydrogen-bond acceptors (Lipinski definition) is 3. The van der Waals surface area contributed by atoms with Gasteiger partial charge in [-0.1, -0.05) is 17.7 Å². The zero-order valence-electron chi connectivity index (χ0n) is 14.7. The molecule has 1 aliphatic rings. The van der Waals surface area contributed by atoms with Crippen molar-refractivity contribution in [1.29, 1.82) is 0 Å². The molecule has 1 fully saturated rings. The second-order valence-electron chi connectivity index (χ2n) is 6.28. The Hall–Kier alpha value is -2.31. The minimum Gasteiger partial charge on any atom is -0.399 e. The van der Waals surface area contributed by atoms with Crippen molar-refractivity contribution in [3.05, 3.63) is 63.9 Å². The second kappa shape index (κ2) is 8.59. The van der Waals surface area contributed by atoms with Crippen molar-refractivity contribution in [1.82, 2.24) is 9.80 Å². The lowest BCUT2D eigenvalue weighted by molar-refractivity contribution is 0.0535. The van der Waals surface area contributed by atoms with Gasteiger partial charge in [-0.05, 0) is 42.8 Å². The lowest BCUT2D eigenvalue weighted by Gasteiger charge is -2.35. The summed E-state index contributed by atoms with van der Waals surface area (Å²) in [7, 11) is 0. The van der Waals surface area contributed by atoms with Gasteiger partial charge in [-0.25, -0.2) is 4.39 Å². The van der Waals surface area contributed by atoms with Crippen molar-refractivity contribution < 1.29 is 14.0 Å². The van der Waals surface area contributed by atoms with E-state index in [9.17, 15) is 14.0 Å². The monoisotopic (exact) mass is 411 g/mol. The van der Waals surface area contributed by atoms with Crippen molar-refractivity contribution in [2.75, 3.05) is 31.9 Å². The summed E-state index contributed by atoms with van der Waals surface area (Å²) in [5, 5.41) is 0.0869.